The minimum Gasteiger partial charge on any atom is -0.265 e. The quantitative estimate of drug-likeness (QED) is 0.440. The number of nitrogens with zero attached hydrogens (tertiary/aromatic N) is 4. The van der Waals surface area contributed by atoms with E-state index in [4.69, 9.17) is 0 Å². The summed E-state index contributed by atoms with van der Waals surface area (Å²) in [6.07, 6.45) is 8.01. The first-order valence-electron chi connectivity index (χ1n) is 6.40. The van der Waals surface area contributed by atoms with Gasteiger partial charge >= 0.3 is 5.78 Å². The van der Waals surface area contributed by atoms with Crippen LogP contribution in [0.15, 0.2) is 36.9 Å². The third-order valence-electron chi connectivity index (χ3n) is 4.04. The minimum absolute atomic E-state index is 0.950. The average Bonchev–Trinajstić information content (AvgIpc) is 3.00. The fourth-order valence-corrected chi connectivity index (χ4v) is 2.88. The van der Waals surface area contributed by atoms with E-state index in [1.165, 1.54) is 27.7 Å². The van der Waals surface area contributed by atoms with E-state index in [9.17, 15) is 0 Å². The van der Waals surface area contributed by atoms with Gasteiger partial charge in [0.25, 0.3) is 5.65 Å². The Morgan fingerprint density at radius 3 is 2.79 bits per heavy atom. The highest BCUT2D eigenvalue weighted by Gasteiger charge is 2.19. The van der Waals surface area contributed by atoms with Crippen LogP contribution < -0.4 is 4.57 Å². The van der Waals surface area contributed by atoms with Crippen molar-refractivity contribution in [1.82, 2.24) is 13.8 Å². The molecule has 0 aliphatic rings. The van der Waals surface area contributed by atoms with Crippen molar-refractivity contribution in [2.75, 3.05) is 0 Å². The molecule has 0 bridgehead atoms. The van der Waals surface area contributed by atoms with Gasteiger partial charge in [-0.25, -0.2) is 4.57 Å². The SMILES string of the molecule is Cc1ccc2c(c1C)c1n(cc[n+]1C)c1nccn21. The number of aromatic nitrogens is 4. The van der Waals surface area contributed by atoms with Crippen LogP contribution in [0.1, 0.15) is 11.1 Å². The van der Waals surface area contributed by atoms with Gasteiger partial charge in [0, 0.05) is 12.4 Å². The number of hydrogen-bond donors (Lipinski definition) is 0. The molecule has 94 valence electrons. The van der Waals surface area contributed by atoms with Gasteiger partial charge in [0.1, 0.15) is 12.4 Å². The molecule has 0 N–H and O–H groups in total. The molecule has 0 aliphatic carbocycles. The van der Waals surface area contributed by atoms with Crippen molar-refractivity contribution in [2.24, 2.45) is 7.05 Å². The van der Waals surface area contributed by atoms with Crippen LogP contribution in [0.4, 0.5) is 0 Å². The van der Waals surface area contributed by atoms with Gasteiger partial charge in [-0.3, -0.25) is 4.40 Å². The molecule has 0 saturated carbocycles. The zero-order valence-electron chi connectivity index (χ0n) is 11.3. The number of hydrogen-bond acceptors (Lipinski definition) is 1. The van der Waals surface area contributed by atoms with E-state index in [1.54, 1.807) is 0 Å². The lowest BCUT2D eigenvalue weighted by Crippen LogP contribution is -2.26. The molecule has 4 nitrogen and oxygen atoms in total. The third kappa shape index (κ3) is 1.18. The normalized spacial score (nSPS) is 11.9. The summed E-state index contributed by atoms with van der Waals surface area (Å²) in [5.41, 5.74) is 5.04. The second-order valence-electron chi connectivity index (χ2n) is 5.10. The molecule has 4 rings (SSSR count). The lowest BCUT2D eigenvalue weighted by atomic mass is 10.0. The predicted octanol–water partition coefficient (Wildman–Crippen LogP) is 2.18. The number of aryl methyl sites for hydroxylation is 3. The number of imidazole rings is 2. The van der Waals surface area contributed by atoms with Gasteiger partial charge in [0.05, 0.1) is 18.0 Å². The summed E-state index contributed by atoms with van der Waals surface area (Å²) >= 11 is 0. The summed E-state index contributed by atoms with van der Waals surface area (Å²) in [7, 11) is 2.08. The standard InChI is InChI=1S/C15H15N4/c1-10-4-5-12-13(11(10)2)14-17(3)8-9-19(14)15-16-6-7-18(12)15/h4-9H,1-3H3/q+1. The van der Waals surface area contributed by atoms with E-state index in [1.807, 2.05) is 12.4 Å². The summed E-state index contributed by atoms with van der Waals surface area (Å²) in [5, 5.41) is 1.29. The molecule has 3 heterocycles. The Morgan fingerprint density at radius 2 is 1.95 bits per heavy atom. The van der Waals surface area contributed by atoms with E-state index in [-0.39, 0.29) is 0 Å². The van der Waals surface area contributed by atoms with Crippen molar-refractivity contribution in [3.05, 3.63) is 48.0 Å². The Bertz CT molecular complexity index is 943. The summed E-state index contributed by atoms with van der Waals surface area (Å²) in [6, 6.07) is 4.36. The zero-order valence-corrected chi connectivity index (χ0v) is 11.3. The lowest BCUT2D eigenvalue weighted by molar-refractivity contribution is -0.643. The zero-order chi connectivity index (χ0) is 13.1. The van der Waals surface area contributed by atoms with Gasteiger partial charge < -0.3 is 0 Å². The first-order chi connectivity index (χ1) is 9.18. The largest absolute Gasteiger partial charge is 0.311 e. The minimum atomic E-state index is 0.950. The Morgan fingerprint density at radius 1 is 1.11 bits per heavy atom. The van der Waals surface area contributed by atoms with E-state index in [0.717, 1.165) is 5.78 Å². The first-order valence-corrected chi connectivity index (χ1v) is 6.40. The fraction of sp³-hybridized carbons (Fsp3) is 0.200. The van der Waals surface area contributed by atoms with Crippen molar-refractivity contribution >= 4 is 22.3 Å². The van der Waals surface area contributed by atoms with Crippen LogP contribution in [0.5, 0.6) is 0 Å². The Labute approximate surface area is 110 Å². The van der Waals surface area contributed by atoms with Crippen molar-refractivity contribution in [3.8, 4) is 0 Å². The highest BCUT2D eigenvalue weighted by molar-refractivity contribution is 5.95. The Kier molecular flexibility index (Phi) is 1.86. The fourth-order valence-electron chi connectivity index (χ4n) is 2.88. The smallest absolute Gasteiger partial charge is 0.265 e. The molecule has 0 fully saturated rings. The molecule has 0 radical (unpaired) electrons. The summed E-state index contributed by atoms with van der Waals surface area (Å²) in [6.45, 7) is 4.35. The van der Waals surface area contributed by atoms with Gasteiger partial charge in [-0.1, -0.05) is 6.07 Å². The molecule has 4 heteroatoms. The van der Waals surface area contributed by atoms with Gasteiger partial charge in [-0.05, 0) is 31.0 Å². The van der Waals surface area contributed by atoms with Crippen LogP contribution in [-0.4, -0.2) is 13.8 Å². The van der Waals surface area contributed by atoms with E-state index in [0.29, 0.717) is 0 Å². The molecule has 3 aromatic heterocycles. The van der Waals surface area contributed by atoms with Crippen molar-refractivity contribution in [2.45, 2.75) is 13.8 Å². The lowest BCUT2D eigenvalue weighted by Gasteiger charge is -2.07. The Balaban J connectivity index is 2.49. The summed E-state index contributed by atoms with van der Waals surface area (Å²) in [4.78, 5) is 4.48. The molecule has 1 aromatic carbocycles. The third-order valence-corrected chi connectivity index (χ3v) is 4.04. The van der Waals surface area contributed by atoms with Gasteiger partial charge in [-0.15, -0.1) is 0 Å². The highest BCUT2D eigenvalue weighted by atomic mass is 15.2. The second kappa shape index (κ2) is 3.35. The van der Waals surface area contributed by atoms with Gasteiger partial charge in [0.15, 0.2) is 0 Å². The number of benzene rings is 1. The molecular formula is C15H15N4+. The Hall–Kier alpha value is -2.36. The van der Waals surface area contributed by atoms with Crippen LogP contribution in [0, 0.1) is 13.8 Å². The maximum Gasteiger partial charge on any atom is 0.311 e. The monoisotopic (exact) mass is 251 g/mol. The first kappa shape index (κ1) is 10.6. The molecule has 0 amide bonds. The maximum absolute atomic E-state index is 4.48. The highest BCUT2D eigenvalue weighted by Crippen LogP contribution is 2.25. The maximum atomic E-state index is 4.48. The van der Waals surface area contributed by atoms with Gasteiger partial charge in [0.2, 0.25) is 0 Å². The predicted molar refractivity (Wildman–Crippen MR) is 74.3 cm³/mol. The molecule has 4 aromatic rings. The van der Waals surface area contributed by atoms with E-state index < -0.39 is 0 Å². The van der Waals surface area contributed by atoms with Crippen LogP contribution in [0.2, 0.25) is 0 Å². The molecule has 0 aliphatic heterocycles. The van der Waals surface area contributed by atoms with Crippen LogP contribution in [-0.2, 0) is 7.05 Å². The van der Waals surface area contributed by atoms with Crippen molar-refractivity contribution < 1.29 is 4.57 Å². The van der Waals surface area contributed by atoms with Crippen LogP contribution in [0.25, 0.3) is 22.3 Å². The molecular weight excluding hydrogens is 236 g/mol. The molecule has 0 unspecified atom stereocenters. The van der Waals surface area contributed by atoms with Crippen LogP contribution in [0.3, 0.4) is 0 Å². The number of rotatable bonds is 0. The van der Waals surface area contributed by atoms with Crippen molar-refractivity contribution in [1.29, 1.82) is 0 Å². The average molecular weight is 251 g/mol. The topological polar surface area (TPSA) is 25.6 Å². The molecule has 0 spiro atoms. The molecule has 0 saturated heterocycles. The van der Waals surface area contributed by atoms with Gasteiger partial charge in [-0.2, -0.15) is 9.38 Å². The second-order valence-corrected chi connectivity index (χ2v) is 5.10. The number of fused-ring (bicyclic) bond motifs is 6. The van der Waals surface area contributed by atoms with E-state index in [2.05, 4.69) is 63.8 Å². The summed E-state index contributed by atoms with van der Waals surface area (Å²) < 4.78 is 6.45. The van der Waals surface area contributed by atoms with Crippen LogP contribution >= 0.6 is 0 Å². The van der Waals surface area contributed by atoms with Crippen molar-refractivity contribution in [3.63, 3.8) is 0 Å². The van der Waals surface area contributed by atoms with E-state index >= 15 is 0 Å². The summed E-state index contributed by atoms with van der Waals surface area (Å²) in [5.74, 6) is 0.950. The molecule has 19 heavy (non-hydrogen) atoms. The molecule has 0 atom stereocenters.